The van der Waals surface area contributed by atoms with Gasteiger partial charge in [0.1, 0.15) is 6.04 Å². The molecule has 9 nitrogen and oxygen atoms in total. The quantitative estimate of drug-likeness (QED) is 0.288. The van der Waals surface area contributed by atoms with Gasteiger partial charge in [-0.2, -0.15) is 5.10 Å². The molecule has 0 aromatic heterocycles. The third kappa shape index (κ3) is 7.64. The van der Waals surface area contributed by atoms with E-state index in [0.717, 1.165) is 0 Å². The Hall–Kier alpha value is -3.30. The molecular weight excluding hydrogens is 485 g/mol. The Morgan fingerprint density at radius 2 is 1.76 bits per heavy atom. The molecule has 0 fully saturated rings. The van der Waals surface area contributed by atoms with Crippen LogP contribution in [0.5, 0.6) is 11.5 Å². The lowest BCUT2D eigenvalue weighted by Gasteiger charge is -2.20. The zero-order valence-electron chi connectivity index (χ0n) is 19.1. The van der Waals surface area contributed by atoms with Gasteiger partial charge >= 0.3 is 5.97 Å². The van der Waals surface area contributed by atoms with Crippen LogP contribution >= 0.6 is 23.2 Å². The second-order valence-electron chi connectivity index (χ2n) is 7.33. The number of rotatable bonds is 10. The van der Waals surface area contributed by atoms with Gasteiger partial charge in [0.2, 0.25) is 0 Å². The number of hydrogen-bond donors (Lipinski definition) is 2. The van der Waals surface area contributed by atoms with Crippen LogP contribution in [0.2, 0.25) is 10.0 Å². The van der Waals surface area contributed by atoms with Crippen molar-refractivity contribution >= 4 is 47.2 Å². The Kier molecular flexibility index (Phi) is 10.2. The first-order valence-electron chi connectivity index (χ1n) is 10.1. The normalized spacial score (nSPS) is 11.7. The SMILES string of the molecule is COC(=O)COc1ccc(C=NNC(=O)C(NC(=O)c2ccc(Cl)c(Cl)c2)C(C)C)cc1OC. The van der Waals surface area contributed by atoms with Crippen molar-refractivity contribution < 1.29 is 28.6 Å². The summed E-state index contributed by atoms with van der Waals surface area (Å²) in [6.07, 6.45) is 1.41. The monoisotopic (exact) mass is 509 g/mol. The summed E-state index contributed by atoms with van der Waals surface area (Å²) >= 11 is 11.9. The van der Waals surface area contributed by atoms with Gasteiger partial charge in [0.15, 0.2) is 18.1 Å². The molecule has 182 valence electrons. The summed E-state index contributed by atoms with van der Waals surface area (Å²) in [7, 11) is 2.71. The van der Waals surface area contributed by atoms with Gasteiger partial charge in [-0.05, 0) is 47.9 Å². The fourth-order valence-corrected chi connectivity index (χ4v) is 3.01. The molecule has 1 unspecified atom stereocenters. The first-order valence-corrected chi connectivity index (χ1v) is 10.9. The van der Waals surface area contributed by atoms with Gasteiger partial charge in [-0.1, -0.05) is 37.0 Å². The molecular formula is C23H25Cl2N3O6. The number of carbonyl (C=O) groups is 3. The second kappa shape index (κ2) is 12.8. The summed E-state index contributed by atoms with van der Waals surface area (Å²) < 4.78 is 15.1. The van der Waals surface area contributed by atoms with E-state index in [2.05, 4.69) is 20.6 Å². The van der Waals surface area contributed by atoms with Crippen molar-refractivity contribution in [3.8, 4) is 11.5 Å². The standard InChI is InChI=1S/C23H25Cl2N3O6/c1-13(2)21(27-22(30)15-6-7-16(24)17(25)10-15)23(31)28-26-11-14-5-8-18(19(9-14)32-3)34-12-20(29)33-4/h5-11,13,21H,12H2,1-4H3,(H,27,30)(H,28,31). The lowest BCUT2D eigenvalue weighted by molar-refractivity contribution is -0.142. The number of methoxy groups -OCH3 is 2. The number of halogens is 2. The minimum Gasteiger partial charge on any atom is -0.493 e. The summed E-state index contributed by atoms with van der Waals surface area (Å²) in [4.78, 5) is 36.4. The highest BCUT2D eigenvalue weighted by Gasteiger charge is 2.24. The first kappa shape index (κ1) is 26.9. The van der Waals surface area contributed by atoms with Gasteiger partial charge in [-0.25, -0.2) is 10.2 Å². The van der Waals surface area contributed by atoms with E-state index >= 15 is 0 Å². The fraction of sp³-hybridized carbons (Fsp3) is 0.304. The van der Waals surface area contributed by atoms with Gasteiger partial charge in [0, 0.05) is 5.56 Å². The largest absolute Gasteiger partial charge is 0.493 e. The number of carbonyl (C=O) groups excluding carboxylic acids is 3. The van der Waals surface area contributed by atoms with Crippen LogP contribution in [0.1, 0.15) is 29.8 Å². The van der Waals surface area contributed by atoms with Crippen molar-refractivity contribution in [2.45, 2.75) is 19.9 Å². The van der Waals surface area contributed by atoms with E-state index in [-0.39, 0.29) is 23.1 Å². The van der Waals surface area contributed by atoms with Gasteiger partial charge in [0.05, 0.1) is 30.5 Å². The number of nitrogens with zero attached hydrogens (tertiary/aromatic N) is 1. The maximum absolute atomic E-state index is 12.6. The molecule has 2 N–H and O–H groups in total. The van der Waals surface area contributed by atoms with Crippen molar-refractivity contribution in [2.75, 3.05) is 20.8 Å². The highest BCUT2D eigenvalue weighted by Crippen LogP contribution is 2.27. The molecule has 2 amide bonds. The van der Waals surface area contributed by atoms with E-state index in [1.165, 1.54) is 38.6 Å². The van der Waals surface area contributed by atoms with Crippen LogP contribution in [-0.2, 0) is 14.3 Å². The zero-order chi connectivity index (χ0) is 25.3. The Balaban J connectivity index is 2.03. The summed E-state index contributed by atoms with van der Waals surface area (Å²) in [6.45, 7) is 3.32. The van der Waals surface area contributed by atoms with Crippen LogP contribution < -0.4 is 20.2 Å². The Morgan fingerprint density at radius 3 is 2.38 bits per heavy atom. The fourth-order valence-electron chi connectivity index (χ4n) is 2.72. The molecule has 2 aromatic carbocycles. The molecule has 0 aliphatic carbocycles. The summed E-state index contributed by atoms with van der Waals surface area (Å²) in [6, 6.07) is 8.49. The predicted octanol–water partition coefficient (Wildman–Crippen LogP) is 3.46. The van der Waals surface area contributed by atoms with Crippen LogP contribution in [0.4, 0.5) is 0 Å². The van der Waals surface area contributed by atoms with Crippen LogP contribution in [0.15, 0.2) is 41.5 Å². The van der Waals surface area contributed by atoms with Crippen molar-refractivity contribution in [3.63, 3.8) is 0 Å². The van der Waals surface area contributed by atoms with Gasteiger partial charge < -0.3 is 19.5 Å². The molecule has 0 aliphatic rings. The molecule has 34 heavy (non-hydrogen) atoms. The Morgan fingerprint density at radius 1 is 1.03 bits per heavy atom. The molecule has 0 heterocycles. The number of esters is 1. The average Bonchev–Trinajstić information content (AvgIpc) is 2.82. The summed E-state index contributed by atoms with van der Waals surface area (Å²) in [5.74, 6) is -0.991. The molecule has 2 rings (SSSR count). The molecule has 0 spiro atoms. The van der Waals surface area contributed by atoms with E-state index < -0.39 is 23.8 Å². The maximum Gasteiger partial charge on any atom is 0.343 e. The Bertz CT molecular complexity index is 1070. The molecule has 0 bridgehead atoms. The topological polar surface area (TPSA) is 115 Å². The molecule has 1 atom stereocenters. The number of ether oxygens (including phenoxy) is 3. The van der Waals surface area contributed by atoms with Crippen molar-refractivity contribution in [1.29, 1.82) is 0 Å². The summed E-state index contributed by atoms with van der Waals surface area (Å²) in [5.41, 5.74) is 3.30. The predicted molar refractivity (Wildman–Crippen MR) is 129 cm³/mol. The van der Waals surface area contributed by atoms with Crippen LogP contribution in [0.25, 0.3) is 0 Å². The lowest BCUT2D eigenvalue weighted by atomic mass is 10.0. The van der Waals surface area contributed by atoms with E-state index in [1.807, 2.05) is 0 Å². The zero-order valence-corrected chi connectivity index (χ0v) is 20.6. The van der Waals surface area contributed by atoms with E-state index in [4.69, 9.17) is 32.7 Å². The number of amides is 2. The minimum absolute atomic E-state index is 0.215. The third-order valence-corrected chi connectivity index (χ3v) is 5.31. The number of hydrazone groups is 1. The second-order valence-corrected chi connectivity index (χ2v) is 8.15. The molecule has 2 aromatic rings. The number of nitrogens with one attached hydrogen (secondary N) is 2. The number of hydrogen-bond acceptors (Lipinski definition) is 7. The van der Waals surface area contributed by atoms with Gasteiger partial charge in [-0.3, -0.25) is 9.59 Å². The van der Waals surface area contributed by atoms with E-state index in [0.29, 0.717) is 22.1 Å². The van der Waals surface area contributed by atoms with Crippen LogP contribution in [0, 0.1) is 5.92 Å². The maximum atomic E-state index is 12.6. The third-order valence-electron chi connectivity index (χ3n) is 4.57. The van der Waals surface area contributed by atoms with E-state index in [1.54, 1.807) is 32.0 Å². The first-order chi connectivity index (χ1) is 16.2. The Labute approximate surface area is 207 Å². The van der Waals surface area contributed by atoms with Crippen molar-refractivity contribution in [3.05, 3.63) is 57.6 Å². The highest BCUT2D eigenvalue weighted by atomic mass is 35.5. The van der Waals surface area contributed by atoms with Crippen molar-refractivity contribution in [1.82, 2.24) is 10.7 Å². The van der Waals surface area contributed by atoms with Crippen LogP contribution in [0.3, 0.4) is 0 Å². The van der Waals surface area contributed by atoms with Crippen LogP contribution in [-0.4, -0.2) is 50.9 Å². The average molecular weight is 510 g/mol. The minimum atomic E-state index is -0.845. The molecule has 0 saturated carbocycles. The van der Waals surface area contributed by atoms with Gasteiger partial charge in [0.25, 0.3) is 11.8 Å². The van der Waals surface area contributed by atoms with E-state index in [9.17, 15) is 14.4 Å². The molecule has 0 aliphatic heterocycles. The highest BCUT2D eigenvalue weighted by molar-refractivity contribution is 6.42. The molecule has 11 heteroatoms. The lowest BCUT2D eigenvalue weighted by Crippen LogP contribution is -2.48. The summed E-state index contributed by atoms with van der Waals surface area (Å²) in [5, 5.41) is 7.20. The molecule has 0 saturated heterocycles. The number of benzene rings is 2. The van der Waals surface area contributed by atoms with Gasteiger partial charge in [-0.15, -0.1) is 0 Å². The smallest absolute Gasteiger partial charge is 0.343 e. The molecule has 0 radical (unpaired) electrons. The van der Waals surface area contributed by atoms with Crippen molar-refractivity contribution in [2.24, 2.45) is 11.0 Å².